The summed E-state index contributed by atoms with van der Waals surface area (Å²) in [7, 11) is 0. The Bertz CT molecular complexity index is 444. The van der Waals surface area contributed by atoms with E-state index in [1.807, 2.05) is 6.07 Å². The second kappa shape index (κ2) is 6.09. The normalized spacial score (nSPS) is 13.1. The van der Waals surface area contributed by atoms with Crippen LogP contribution in [0.2, 0.25) is 0 Å². The van der Waals surface area contributed by atoms with Crippen molar-refractivity contribution in [2.75, 3.05) is 0 Å². The molecular weight excluding hydrogens is 240 g/mol. The van der Waals surface area contributed by atoms with Crippen molar-refractivity contribution in [3.05, 3.63) is 23.8 Å². The Morgan fingerprint density at radius 3 is 2.47 bits per heavy atom. The third kappa shape index (κ3) is 4.27. The molecule has 0 fully saturated rings. The lowest BCUT2D eigenvalue weighted by Gasteiger charge is -2.31. The van der Waals surface area contributed by atoms with E-state index in [0.29, 0.717) is 5.92 Å². The van der Waals surface area contributed by atoms with Crippen LogP contribution in [-0.2, 0) is 4.79 Å². The topological polar surface area (TPSA) is 46.5 Å². The second-order valence-electron chi connectivity index (χ2n) is 6.03. The van der Waals surface area contributed by atoms with E-state index in [1.165, 1.54) is 6.92 Å². The Hall–Kier alpha value is -1.51. The molecule has 106 valence electrons. The standard InChI is InChI=1S/C16H24O3/c1-6-7-13(16(3,4)5)12-8-9-14(18)15(10-12)19-11(2)17/h8-10,13,18H,6-7H2,1-5H3. The van der Waals surface area contributed by atoms with Crippen molar-refractivity contribution in [2.24, 2.45) is 5.41 Å². The molecule has 1 unspecified atom stereocenters. The minimum absolute atomic E-state index is 0.00288. The highest BCUT2D eigenvalue weighted by Gasteiger charge is 2.26. The molecule has 0 heterocycles. The van der Waals surface area contributed by atoms with Crippen LogP contribution in [0.3, 0.4) is 0 Å². The number of aromatic hydroxyl groups is 1. The van der Waals surface area contributed by atoms with Crippen LogP contribution in [0.15, 0.2) is 18.2 Å². The Balaban J connectivity index is 3.14. The number of carbonyl (C=O) groups is 1. The van der Waals surface area contributed by atoms with Crippen molar-refractivity contribution < 1.29 is 14.6 Å². The Kier molecular flexibility index (Phi) is 4.98. The quantitative estimate of drug-likeness (QED) is 0.653. The van der Waals surface area contributed by atoms with Gasteiger partial charge in [0.15, 0.2) is 11.5 Å². The minimum Gasteiger partial charge on any atom is -0.504 e. The fraction of sp³-hybridized carbons (Fsp3) is 0.562. The van der Waals surface area contributed by atoms with Crippen LogP contribution in [0.25, 0.3) is 0 Å². The zero-order chi connectivity index (χ0) is 14.6. The molecule has 0 amide bonds. The summed E-state index contributed by atoms with van der Waals surface area (Å²) in [5.41, 5.74) is 1.23. The number of hydrogen-bond acceptors (Lipinski definition) is 3. The van der Waals surface area contributed by atoms with Gasteiger partial charge in [-0.25, -0.2) is 0 Å². The van der Waals surface area contributed by atoms with E-state index in [0.717, 1.165) is 18.4 Å². The van der Waals surface area contributed by atoms with Gasteiger partial charge in [0.25, 0.3) is 0 Å². The molecule has 0 aliphatic carbocycles. The number of benzene rings is 1. The molecule has 0 saturated heterocycles. The number of esters is 1. The Morgan fingerprint density at radius 2 is 2.00 bits per heavy atom. The third-order valence-corrected chi connectivity index (χ3v) is 3.26. The number of ether oxygens (including phenoxy) is 1. The van der Waals surface area contributed by atoms with Crippen LogP contribution in [-0.4, -0.2) is 11.1 Å². The largest absolute Gasteiger partial charge is 0.504 e. The zero-order valence-corrected chi connectivity index (χ0v) is 12.5. The van der Waals surface area contributed by atoms with Gasteiger partial charge in [-0.1, -0.05) is 40.2 Å². The van der Waals surface area contributed by atoms with Crippen molar-refractivity contribution >= 4 is 5.97 Å². The highest BCUT2D eigenvalue weighted by atomic mass is 16.5. The second-order valence-corrected chi connectivity index (χ2v) is 6.03. The van der Waals surface area contributed by atoms with Crippen LogP contribution in [0.1, 0.15) is 58.9 Å². The van der Waals surface area contributed by atoms with Gasteiger partial charge in [0.1, 0.15) is 0 Å². The molecule has 1 atom stereocenters. The Morgan fingerprint density at radius 1 is 1.37 bits per heavy atom. The Labute approximate surface area is 115 Å². The third-order valence-electron chi connectivity index (χ3n) is 3.26. The van der Waals surface area contributed by atoms with Crippen molar-refractivity contribution in [3.8, 4) is 11.5 Å². The van der Waals surface area contributed by atoms with Gasteiger partial charge in [-0.2, -0.15) is 0 Å². The summed E-state index contributed by atoms with van der Waals surface area (Å²) in [5, 5.41) is 9.72. The van der Waals surface area contributed by atoms with E-state index in [2.05, 4.69) is 27.7 Å². The van der Waals surface area contributed by atoms with Crippen LogP contribution >= 0.6 is 0 Å². The SMILES string of the molecule is CCCC(c1ccc(O)c(OC(C)=O)c1)C(C)(C)C. The van der Waals surface area contributed by atoms with Crippen molar-refractivity contribution in [2.45, 2.75) is 53.4 Å². The fourth-order valence-corrected chi connectivity index (χ4v) is 2.37. The first-order chi connectivity index (χ1) is 8.75. The average molecular weight is 264 g/mol. The molecule has 3 heteroatoms. The van der Waals surface area contributed by atoms with Gasteiger partial charge in [0.2, 0.25) is 0 Å². The van der Waals surface area contributed by atoms with Crippen molar-refractivity contribution in [1.29, 1.82) is 0 Å². The molecule has 0 aliphatic heterocycles. The number of rotatable bonds is 4. The van der Waals surface area contributed by atoms with Crippen LogP contribution in [0.5, 0.6) is 11.5 Å². The van der Waals surface area contributed by atoms with Gasteiger partial charge in [-0.15, -0.1) is 0 Å². The van der Waals surface area contributed by atoms with E-state index in [9.17, 15) is 9.90 Å². The molecule has 0 aliphatic rings. The fourth-order valence-electron chi connectivity index (χ4n) is 2.37. The zero-order valence-electron chi connectivity index (χ0n) is 12.5. The molecule has 1 N–H and O–H groups in total. The van der Waals surface area contributed by atoms with E-state index in [4.69, 9.17) is 4.74 Å². The molecule has 0 saturated carbocycles. The first-order valence-electron chi connectivity index (χ1n) is 6.77. The summed E-state index contributed by atoms with van der Waals surface area (Å²) in [6, 6.07) is 5.29. The number of carbonyl (C=O) groups excluding carboxylic acids is 1. The molecule has 0 spiro atoms. The van der Waals surface area contributed by atoms with E-state index < -0.39 is 5.97 Å². The summed E-state index contributed by atoms with van der Waals surface area (Å²) in [4.78, 5) is 11.0. The lowest BCUT2D eigenvalue weighted by molar-refractivity contribution is -0.132. The van der Waals surface area contributed by atoms with Crippen LogP contribution < -0.4 is 4.74 Å². The highest BCUT2D eigenvalue weighted by molar-refractivity contribution is 5.70. The molecule has 0 aromatic heterocycles. The lowest BCUT2D eigenvalue weighted by atomic mass is 9.74. The molecular formula is C16H24O3. The predicted molar refractivity (Wildman–Crippen MR) is 76.5 cm³/mol. The molecule has 1 aromatic carbocycles. The van der Waals surface area contributed by atoms with Gasteiger partial charge in [-0.05, 0) is 35.4 Å². The van der Waals surface area contributed by atoms with Gasteiger partial charge >= 0.3 is 5.97 Å². The first kappa shape index (κ1) is 15.5. The molecule has 0 radical (unpaired) electrons. The van der Waals surface area contributed by atoms with Gasteiger partial charge in [0.05, 0.1) is 0 Å². The molecule has 3 nitrogen and oxygen atoms in total. The van der Waals surface area contributed by atoms with Crippen molar-refractivity contribution in [1.82, 2.24) is 0 Å². The maximum atomic E-state index is 11.0. The number of hydrogen-bond donors (Lipinski definition) is 1. The molecule has 19 heavy (non-hydrogen) atoms. The summed E-state index contributed by atoms with van der Waals surface area (Å²) in [5.74, 6) is 0.195. The molecule has 1 aromatic rings. The summed E-state index contributed by atoms with van der Waals surface area (Å²) < 4.78 is 5.04. The number of phenolic OH excluding ortho intramolecular Hbond substituents is 1. The van der Waals surface area contributed by atoms with Crippen molar-refractivity contribution in [3.63, 3.8) is 0 Å². The first-order valence-corrected chi connectivity index (χ1v) is 6.77. The van der Waals surface area contributed by atoms with E-state index in [-0.39, 0.29) is 16.9 Å². The van der Waals surface area contributed by atoms with Gasteiger partial charge < -0.3 is 9.84 Å². The summed E-state index contributed by atoms with van der Waals surface area (Å²) in [6.07, 6.45) is 2.15. The smallest absolute Gasteiger partial charge is 0.308 e. The highest BCUT2D eigenvalue weighted by Crippen LogP contribution is 2.41. The molecule has 1 rings (SSSR count). The van der Waals surface area contributed by atoms with Crippen LogP contribution in [0.4, 0.5) is 0 Å². The molecule has 0 bridgehead atoms. The predicted octanol–water partition coefficient (Wildman–Crippen LogP) is 4.25. The van der Waals surface area contributed by atoms with Crippen LogP contribution in [0, 0.1) is 5.41 Å². The summed E-state index contributed by atoms with van der Waals surface area (Å²) in [6.45, 7) is 10.1. The average Bonchev–Trinajstić information content (AvgIpc) is 2.27. The van der Waals surface area contributed by atoms with E-state index in [1.54, 1.807) is 12.1 Å². The monoisotopic (exact) mass is 264 g/mol. The lowest BCUT2D eigenvalue weighted by Crippen LogP contribution is -2.18. The number of phenols is 1. The maximum absolute atomic E-state index is 11.0. The maximum Gasteiger partial charge on any atom is 0.308 e. The minimum atomic E-state index is -0.421. The van der Waals surface area contributed by atoms with Gasteiger partial charge in [-0.3, -0.25) is 4.79 Å². The summed E-state index contributed by atoms with van der Waals surface area (Å²) >= 11 is 0. The van der Waals surface area contributed by atoms with Gasteiger partial charge in [0, 0.05) is 6.92 Å². The van der Waals surface area contributed by atoms with E-state index >= 15 is 0 Å².